The molecule has 2 aliphatic heterocycles. The van der Waals surface area contributed by atoms with Gasteiger partial charge in [0.25, 0.3) is 5.91 Å². The van der Waals surface area contributed by atoms with Gasteiger partial charge >= 0.3 is 5.97 Å². The second-order valence-corrected chi connectivity index (χ2v) is 8.08. The molecule has 0 aliphatic carbocycles. The third-order valence-electron chi connectivity index (χ3n) is 6.22. The first-order valence-corrected chi connectivity index (χ1v) is 10.4. The number of methoxy groups -OCH3 is 1. The Morgan fingerprint density at radius 2 is 1.79 bits per heavy atom. The Morgan fingerprint density at radius 3 is 2.43 bits per heavy atom. The average Bonchev–Trinajstić information content (AvgIpc) is 2.73. The molecule has 0 spiro atoms. The number of carbonyl (C=O) groups excluding carboxylic acids is 1. The standard InChI is InChI=1S/C22H32N2O4/c1-28-20-7-5-17(6-8-20)22(27)24-14-10-18(15-21(25)26)19(16-24)9-13-23-11-3-2-4-12-23/h5-8,18-19H,2-4,9-16H2,1H3,(H,25,26). The van der Waals surface area contributed by atoms with E-state index in [0.717, 1.165) is 38.2 Å². The molecule has 6 nitrogen and oxygen atoms in total. The highest BCUT2D eigenvalue weighted by Gasteiger charge is 2.33. The van der Waals surface area contributed by atoms with Crippen LogP contribution in [-0.2, 0) is 4.79 Å². The highest BCUT2D eigenvalue weighted by Crippen LogP contribution is 2.30. The van der Waals surface area contributed by atoms with Crippen LogP contribution >= 0.6 is 0 Å². The van der Waals surface area contributed by atoms with Gasteiger partial charge in [-0.3, -0.25) is 9.59 Å². The number of rotatable bonds is 7. The van der Waals surface area contributed by atoms with E-state index < -0.39 is 5.97 Å². The number of ether oxygens (including phenoxy) is 1. The Bertz CT molecular complexity index is 655. The van der Waals surface area contributed by atoms with Crippen molar-refractivity contribution in [3.8, 4) is 5.75 Å². The first-order chi connectivity index (χ1) is 13.6. The van der Waals surface area contributed by atoms with Crippen LogP contribution in [0.15, 0.2) is 24.3 Å². The number of nitrogens with zero attached hydrogens (tertiary/aromatic N) is 2. The van der Waals surface area contributed by atoms with E-state index in [1.807, 2.05) is 4.90 Å². The predicted octanol–water partition coefficient (Wildman–Crippen LogP) is 3.12. The zero-order chi connectivity index (χ0) is 19.9. The number of aliphatic carboxylic acids is 1. The van der Waals surface area contributed by atoms with Crippen LogP contribution < -0.4 is 4.74 Å². The molecule has 1 amide bonds. The van der Waals surface area contributed by atoms with Crippen molar-refractivity contribution >= 4 is 11.9 Å². The van der Waals surface area contributed by atoms with E-state index >= 15 is 0 Å². The minimum absolute atomic E-state index is 0.0272. The number of carbonyl (C=O) groups is 2. The summed E-state index contributed by atoms with van der Waals surface area (Å²) < 4.78 is 5.17. The van der Waals surface area contributed by atoms with Gasteiger partial charge < -0.3 is 19.6 Å². The Labute approximate surface area is 167 Å². The number of benzene rings is 1. The van der Waals surface area contributed by atoms with Crippen molar-refractivity contribution in [1.29, 1.82) is 0 Å². The lowest BCUT2D eigenvalue weighted by molar-refractivity contribution is -0.139. The fraction of sp³-hybridized carbons (Fsp3) is 0.636. The average molecular weight is 389 g/mol. The summed E-state index contributed by atoms with van der Waals surface area (Å²) in [4.78, 5) is 28.6. The molecule has 0 bridgehead atoms. The molecule has 1 aromatic rings. The van der Waals surface area contributed by atoms with Crippen molar-refractivity contribution in [2.45, 2.75) is 38.5 Å². The van der Waals surface area contributed by atoms with Crippen LogP contribution in [0.2, 0.25) is 0 Å². The number of amides is 1. The lowest BCUT2D eigenvalue weighted by Gasteiger charge is -2.39. The molecule has 28 heavy (non-hydrogen) atoms. The van der Waals surface area contributed by atoms with Gasteiger partial charge in [0.2, 0.25) is 0 Å². The maximum Gasteiger partial charge on any atom is 0.303 e. The zero-order valence-corrected chi connectivity index (χ0v) is 16.8. The Balaban J connectivity index is 1.63. The van der Waals surface area contributed by atoms with Crippen LogP contribution in [0.25, 0.3) is 0 Å². The third-order valence-corrected chi connectivity index (χ3v) is 6.22. The van der Waals surface area contributed by atoms with Gasteiger partial charge in [-0.05, 0) is 81.4 Å². The first kappa shape index (κ1) is 20.6. The van der Waals surface area contributed by atoms with Crippen molar-refractivity contribution in [2.75, 3.05) is 39.8 Å². The molecule has 6 heteroatoms. The lowest BCUT2D eigenvalue weighted by Crippen LogP contribution is -2.45. The molecule has 1 aromatic carbocycles. The highest BCUT2D eigenvalue weighted by molar-refractivity contribution is 5.94. The van der Waals surface area contributed by atoms with E-state index in [1.165, 1.54) is 19.3 Å². The van der Waals surface area contributed by atoms with Gasteiger partial charge in [0.1, 0.15) is 5.75 Å². The van der Waals surface area contributed by atoms with Gasteiger partial charge in [-0.15, -0.1) is 0 Å². The molecule has 2 atom stereocenters. The number of carboxylic acids is 1. The molecule has 2 heterocycles. The van der Waals surface area contributed by atoms with Gasteiger partial charge in [0.15, 0.2) is 0 Å². The summed E-state index contributed by atoms with van der Waals surface area (Å²) in [6, 6.07) is 7.21. The molecule has 0 saturated carbocycles. The number of piperidine rings is 2. The van der Waals surface area contributed by atoms with Crippen molar-refractivity contribution in [1.82, 2.24) is 9.80 Å². The minimum Gasteiger partial charge on any atom is -0.497 e. The summed E-state index contributed by atoms with van der Waals surface area (Å²) >= 11 is 0. The van der Waals surface area contributed by atoms with Crippen LogP contribution in [-0.4, -0.2) is 66.6 Å². The van der Waals surface area contributed by atoms with Gasteiger partial charge in [-0.2, -0.15) is 0 Å². The van der Waals surface area contributed by atoms with Crippen molar-refractivity contribution in [3.05, 3.63) is 29.8 Å². The van der Waals surface area contributed by atoms with Gasteiger partial charge in [0.05, 0.1) is 7.11 Å². The van der Waals surface area contributed by atoms with Gasteiger partial charge in [-0.25, -0.2) is 0 Å². The molecule has 0 aromatic heterocycles. The Kier molecular flexibility index (Phi) is 7.31. The van der Waals surface area contributed by atoms with Crippen molar-refractivity contribution in [3.63, 3.8) is 0 Å². The van der Waals surface area contributed by atoms with E-state index in [9.17, 15) is 14.7 Å². The van der Waals surface area contributed by atoms with Crippen molar-refractivity contribution in [2.24, 2.45) is 11.8 Å². The van der Waals surface area contributed by atoms with Crippen LogP contribution in [0.3, 0.4) is 0 Å². The second kappa shape index (κ2) is 9.92. The maximum atomic E-state index is 12.9. The molecule has 1 N–H and O–H groups in total. The summed E-state index contributed by atoms with van der Waals surface area (Å²) in [5.74, 6) is 0.426. The molecule has 2 aliphatic rings. The van der Waals surface area contributed by atoms with E-state index in [4.69, 9.17) is 4.74 Å². The fourth-order valence-corrected chi connectivity index (χ4v) is 4.53. The van der Waals surface area contributed by atoms with Crippen LogP contribution in [0.1, 0.15) is 48.9 Å². The number of carboxylic acid groups (broad SMARTS) is 1. The molecule has 154 valence electrons. The fourth-order valence-electron chi connectivity index (χ4n) is 4.53. The molecule has 2 unspecified atom stereocenters. The summed E-state index contributed by atoms with van der Waals surface area (Å²) in [6.07, 6.45) is 5.75. The minimum atomic E-state index is -0.733. The van der Waals surface area contributed by atoms with E-state index in [-0.39, 0.29) is 24.2 Å². The second-order valence-electron chi connectivity index (χ2n) is 8.08. The molecule has 2 fully saturated rings. The van der Waals surface area contributed by atoms with E-state index in [0.29, 0.717) is 18.7 Å². The summed E-state index contributed by atoms with van der Waals surface area (Å²) in [7, 11) is 1.61. The lowest BCUT2D eigenvalue weighted by atomic mass is 9.80. The van der Waals surface area contributed by atoms with E-state index in [1.54, 1.807) is 31.4 Å². The highest BCUT2D eigenvalue weighted by atomic mass is 16.5. The van der Waals surface area contributed by atoms with Crippen LogP contribution in [0.4, 0.5) is 0 Å². The van der Waals surface area contributed by atoms with Gasteiger partial charge in [-0.1, -0.05) is 6.42 Å². The molecule has 2 saturated heterocycles. The monoisotopic (exact) mass is 388 g/mol. The van der Waals surface area contributed by atoms with Crippen LogP contribution in [0.5, 0.6) is 5.75 Å². The molecule has 3 rings (SSSR count). The quantitative estimate of drug-likeness (QED) is 0.777. The van der Waals surface area contributed by atoms with Crippen molar-refractivity contribution < 1.29 is 19.4 Å². The first-order valence-electron chi connectivity index (χ1n) is 10.4. The summed E-state index contributed by atoms with van der Waals surface area (Å²) in [5.41, 5.74) is 0.660. The largest absolute Gasteiger partial charge is 0.497 e. The number of hydrogen-bond acceptors (Lipinski definition) is 4. The summed E-state index contributed by atoms with van der Waals surface area (Å²) in [5, 5.41) is 9.30. The number of likely N-dealkylation sites (tertiary alicyclic amines) is 2. The topological polar surface area (TPSA) is 70.1 Å². The molecular formula is C22H32N2O4. The SMILES string of the molecule is COc1ccc(C(=O)N2CCC(CC(=O)O)C(CCN3CCCCC3)C2)cc1. The third kappa shape index (κ3) is 5.47. The summed E-state index contributed by atoms with van der Waals surface area (Å²) in [6.45, 7) is 4.57. The Hall–Kier alpha value is -2.08. The Morgan fingerprint density at radius 1 is 1.07 bits per heavy atom. The molecular weight excluding hydrogens is 356 g/mol. The van der Waals surface area contributed by atoms with Crippen LogP contribution in [0, 0.1) is 11.8 Å². The van der Waals surface area contributed by atoms with Gasteiger partial charge in [0, 0.05) is 25.1 Å². The normalized spacial score (nSPS) is 23.4. The molecule has 0 radical (unpaired) electrons. The van der Waals surface area contributed by atoms with E-state index in [2.05, 4.69) is 4.90 Å². The zero-order valence-electron chi connectivity index (χ0n) is 16.8. The number of hydrogen-bond donors (Lipinski definition) is 1. The predicted molar refractivity (Wildman–Crippen MR) is 108 cm³/mol. The maximum absolute atomic E-state index is 12.9. The smallest absolute Gasteiger partial charge is 0.303 e.